The maximum atomic E-state index is 14.5. The van der Waals surface area contributed by atoms with Crippen molar-refractivity contribution in [2.75, 3.05) is 4.90 Å². The minimum atomic E-state index is -1.47. The summed E-state index contributed by atoms with van der Waals surface area (Å²) in [4.78, 5) is 41.2. The number of pyridine rings is 1. The van der Waals surface area contributed by atoms with Crippen LogP contribution < -0.4 is 4.90 Å². The molecule has 212 valence electrons. The quantitative estimate of drug-likeness (QED) is 0.287. The molecule has 2 amide bonds. The Balaban J connectivity index is 1.98. The molecule has 12 heteroatoms. The topological polar surface area (TPSA) is 139 Å². The van der Waals surface area contributed by atoms with Crippen LogP contribution in [0.1, 0.15) is 63.8 Å². The van der Waals surface area contributed by atoms with Crippen LogP contribution in [-0.4, -0.2) is 43.4 Å². The molecule has 0 fully saturated rings. The van der Waals surface area contributed by atoms with E-state index >= 15 is 0 Å². The zero-order valence-corrected chi connectivity index (χ0v) is 24.1. The standard InChI is InChI=1S/C29H28FN5O5S/c1-28(2,3)39-26(37)35(27(38)40-29(4,5)6)24-18-14-20(22(36)21-19(30)11-8-12-32-21)41-25(18)34-23(33-24)17-10-7-9-16(13-17)15-31/h7-14,22,36H,1-6H3. The smallest absolute Gasteiger partial charge is 0.425 e. The molecule has 1 aromatic carbocycles. The molecule has 0 aliphatic heterocycles. The highest BCUT2D eigenvalue weighted by atomic mass is 32.1. The van der Waals surface area contributed by atoms with E-state index in [9.17, 15) is 24.3 Å². The number of benzene rings is 1. The van der Waals surface area contributed by atoms with Crippen molar-refractivity contribution in [2.24, 2.45) is 0 Å². The van der Waals surface area contributed by atoms with Crippen LogP contribution in [0.3, 0.4) is 0 Å². The fourth-order valence-corrected chi connectivity index (χ4v) is 4.70. The number of anilines is 1. The van der Waals surface area contributed by atoms with Crippen LogP contribution >= 0.6 is 11.3 Å². The van der Waals surface area contributed by atoms with E-state index in [-0.39, 0.29) is 32.4 Å². The first-order chi connectivity index (χ1) is 19.2. The van der Waals surface area contributed by atoms with Crippen molar-refractivity contribution >= 4 is 39.6 Å². The fourth-order valence-electron chi connectivity index (χ4n) is 3.68. The molecule has 4 rings (SSSR count). The molecule has 1 unspecified atom stereocenters. The summed E-state index contributed by atoms with van der Waals surface area (Å²) in [6.45, 7) is 9.88. The van der Waals surface area contributed by atoms with E-state index in [0.29, 0.717) is 16.0 Å². The first-order valence-electron chi connectivity index (χ1n) is 12.5. The number of ether oxygens (including phenoxy) is 2. The number of carbonyl (C=O) groups excluding carboxylic acids is 2. The number of hydrogen-bond acceptors (Lipinski definition) is 10. The lowest BCUT2D eigenvalue weighted by molar-refractivity contribution is 0.0429. The molecule has 0 aliphatic rings. The molecular weight excluding hydrogens is 549 g/mol. The number of amides is 2. The summed E-state index contributed by atoms with van der Waals surface area (Å²) in [5, 5.41) is 20.6. The van der Waals surface area contributed by atoms with Gasteiger partial charge in [-0.05, 0) is 71.9 Å². The summed E-state index contributed by atoms with van der Waals surface area (Å²) in [6.07, 6.45) is -2.21. The van der Waals surface area contributed by atoms with E-state index in [1.54, 1.807) is 65.8 Å². The summed E-state index contributed by atoms with van der Waals surface area (Å²) in [5.41, 5.74) is -1.37. The molecule has 41 heavy (non-hydrogen) atoms. The summed E-state index contributed by atoms with van der Waals surface area (Å²) >= 11 is 1.01. The molecule has 0 bridgehead atoms. The lowest BCUT2D eigenvalue weighted by atomic mass is 10.1. The molecule has 1 atom stereocenters. The summed E-state index contributed by atoms with van der Waals surface area (Å²) < 4.78 is 25.5. The number of thiophene rings is 1. The Morgan fingerprint density at radius 2 is 1.68 bits per heavy atom. The second-order valence-electron chi connectivity index (χ2n) is 11.0. The van der Waals surface area contributed by atoms with Crippen LogP contribution in [0.5, 0.6) is 0 Å². The number of aliphatic hydroxyl groups is 1. The van der Waals surface area contributed by atoms with Crippen molar-refractivity contribution in [1.82, 2.24) is 15.0 Å². The molecule has 0 saturated heterocycles. The third-order valence-electron chi connectivity index (χ3n) is 5.32. The van der Waals surface area contributed by atoms with Gasteiger partial charge in [0.05, 0.1) is 17.0 Å². The first-order valence-corrected chi connectivity index (χ1v) is 13.3. The summed E-state index contributed by atoms with van der Waals surface area (Å²) in [5.74, 6) is -0.789. The van der Waals surface area contributed by atoms with Crippen LogP contribution in [0.15, 0.2) is 48.7 Å². The lowest BCUT2D eigenvalue weighted by Gasteiger charge is -2.28. The maximum absolute atomic E-state index is 14.5. The van der Waals surface area contributed by atoms with Crippen LogP contribution in [-0.2, 0) is 9.47 Å². The van der Waals surface area contributed by atoms with E-state index < -0.39 is 35.3 Å². The fraction of sp³-hybridized carbons (Fsp3) is 0.310. The lowest BCUT2D eigenvalue weighted by Crippen LogP contribution is -2.44. The number of rotatable bonds is 4. The highest BCUT2D eigenvalue weighted by Crippen LogP contribution is 2.38. The normalized spacial score (nSPS) is 12.5. The maximum Gasteiger partial charge on any atom is 0.425 e. The Bertz CT molecular complexity index is 1640. The Hall–Kier alpha value is -4.47. The van der Waals surface area contributed by atoms with Crippen molar-refractivity contribution < 1.29 is 28.6 Å². The average molecular weight is 578 g/mol. The van der Waals surface area contributed by atoms with Gasteiger partial charge in [0.25, 0.3) is 0 Å². The molecule has 0 aliphatic carbocycles. The largest absolute Gasteiger partial charge is 0.443 e. The van der Waals surface area contributed by atoms with Gasteiger partial charge in [0, 0.05) is 16.6 Å². The molecule has 10 nitrogen and oxygen atoms in total. The second kappa shape index (κ2) is 11.2. The SMILES string of the molecule is CC(C)(C)OC(=O)N(C(=O)OC(C)(C)C)c1nc(-c2cccc(C#N)c2)nc2sc(C(O)c3ncccc3F)cc12. The highest BCUT2D eigenvalue weighted by molar-refractivity contribution is 7.18. The van der Waals surface area contributed by atoms with E-state index in [4.69, 9.17) is 9.47 Å². The molecule has 1 N–H and O–H groups in total. The van der Waals surface area contributed by atoms with Gasteiger partial charge in [-0.25, -0.2) is 23.9 Å². The monoisotopic (exact) mass is 577 g/mol. The van der Waals surface area contributed by atoms with E-state index in [2.05, 4.69) is 21.0 Å². The van der Waals surface area contributed by atoms with Gasteiger partial charge >= 0.3 is 12.2 Å². The van der Waals surface area contributed by atoms with Gasteiger partial charge in [-0.1, -0.05) is 12.1 Å². The van der Waals surface area contributed by atoms with Gasteiger partial charge < -0.3 is 14.6 Å². The van der Waals surface area contributed by atoms with Crippen LogP contribution in [0.4, 0.5) is 19.8 Å². The number of nitriles is 1. The number of carbonyl (C=O) groups is 2. The molecule has 0 spiro atoms. The third-order valence-corrected chi connectivity index (χ3v) is 6.40. The zero-order chi connectivity index (χ0) is 30.1. The Morgan fingerprint density at radius 1 is 1.02 bits per heavy atom. The van der Waals surface area contributed by atoms with Crippen molar-refractivity contribution in [2.45, 2.75) is 58.8 Å². The number of aliphatic hydroxyl groups excluding tert-OH is 1. The van der Waals surface area contributed by atoms with Crippen molar-refractivity contribution in [1.29, 1.82) is 5.26 Å². The second-order valence-corrected chi connectivity index (χ2v) is 12.1. The zero-order valence-electron chi connectivity index (χ0n) is 23.3. The number of aromatic nitrogens is 3. The average Bonchev–Trinajstić information content (AvgIpc) is 3.31. The third kappa shape index (κ3) is 6.82. The number of imide groups is 1. The Labute approximate surface area is 240 Å². The molecule has 0 saturated carbocycles. The Kier molecular flexibility index (Phi) is 8.05. The molecular formula is C29H28FN5O5S. The van der Waals surface area contributed by atoms with Gasteiger partial charge in [-0.2, -0.15) is 10.2 Å². The minimum Gasteiger partial charge on any atom is -0.443 e. The number of hydrogen-bond donors (Lipinski definition) is 1. The highest BCUT2D eigenvalue weighted by Gasteiger charge is 2.36. The Morgan fingerprint density at radius 3 is 2.27 bits per heavy atom. The van der Waals surface area contributed by atoms with Crippen LogP contribution in [0, 0.1) is 17.1 Å². The van der Waals surface area contributed by atoms with Gasteiger partial charge in [0.1, 0.15) is 33.6 Å². The van der Waals surface area contributed by atoms with Crippen molar-refractivity contribution in [3.63, 3.8) is 0 Å². The van der Waals surface area contributed by atoms with Crippen molar-refractivity contribution in [3.8, 4) is 17.5 Å². The predicted octanol–water partition coefficient (Wildman–Crippen LogP) is 6.52. The van der Waals surface area contributed by atoms with E-state index in [0.717, 1.165) is 11.3 Å². The molecule has 3 heterocycles. The minimum absolute atomic E-state index is 0.0913. The predicted molar refractivity (Wildman–Crippen MR) is 151 cm³/mol. The number of halogens is 1. The van der Waals surface area contributed by atoms with Gasteiger partial charge in [-0.3, -0.25) is 4.98 Å². The molecule has 3 aromatic heterocycles. The number of nitrogens with zero attached hydrogens (tertiary/aromatic N) is 5. The first kappa shape index (κ1) is 29.5. The number of fused-ring (bicyclic) bond motifs is 1. The van der Waals surface area contributed by atoms with Gasteiger partial charge in [-0.15, -0.1) is 11.3 Å². The van der Waals surface area contributed by atoms with Crippen LogP contribution in [0.25, 0.3) is 21.6 Å². The molecule has 0 radical (unpaired) electrons. The van der Waals surface area contributed by atoms with E-state index in [1.165, 1.54) is 24.4 Å². The van der Waals surface area contributed by atoms with Gasteiger partial charge in [0.15, 0.2) is 11.6 Å². The van der Waals surface area contributed by atoms with Crippen LogP contribution in [0.2, 0.25) is 0 Å². The van der Waals surface area contributed by atoms with E-state index in [1.807, 2.05) is 0 Å². The summed E-state index contributed by atoms with van der Waals surface area (Å²) in [6, 6.07) is 12.6. The van der Waals surface area contributed by atoms with Crippen molar-refractivity contribution in [3.05, 3.63) is 70.6 Å². The summed E-state index contributed by atoms with van der Waals surface area (Å²) in [7, 11) is 0. The molecule has 4 aromatic rings. The van der Waals surface area contributed by atoms with Gasteiger partial charge in [0.2, 0.25) is 0 Å².